The van der Waals surface area contributed by atoms with Crippen molar-refractivity contribution < 1.29 is 9.59 Å². The van der Waals surface area contributed by atoms with Crippen LogP contribution in [0.25, 0.3) is 0 Å². The summed E-state index contributed by atoms with van der Waals surface area (Å²) in [5.41, 5.74) is 2.51. The number of nitrogens with one attached hydrogen (secondary N) is 1. The van der Waals surface area contributed by atoms with Crippen LogP contribution in [0.1, 0.15) is 46.3 Å². The molecule has 1 atom stereocenters. The van der Waals surface area contributed by atoms with Gasteiger partial charge in [0.2, 0.25) is 5.91 Å². The number of aromatic nitrogens is 3. The highest BCUT2D eigenvalue weighted by atomic mass is 32.1. The molecule has 1 aromatic carbocycles. The molecule has 3 heterocycles. The van der Waals surface area contributed by atoms with Gasteiger partial charge in [0.15, 0.2) is 5.69 Å². The van der Waals surface area contributed by atoms with E-state index >= 15 is 0 Å². The smallest absolute Gasteiger partial charge is 0.274 e. The molecule has 1 unspecified atom stereocenters. The Hall–Kier alpha value is -3.00. The topological polar surface area (TPSA) is 80.1 Å². The average Bonchev–Trinajstić information content (AvgIpc) is 3.42. The molecule has 156 valence electrons. The van der Waals surface area contributed by atoms with Crippen LogP contribution < -0.4 is 5.32 Å². The van der Waals surface area contributed by atoms with Gasteiger partial charge in [0.25, 0.3) is 5.91 Å². The van der Waals surface area contributed by atoms with Crippen LogP contribution in [0, 0.1) is 0 Å². The van der Waals surface area contributed by atoms with Crippen LogP contribution in [0.5, 0.6) is 0 Å². The van der Waals surface area contributed by atoms with Gasteiger partial charge >= 0.3 is 0 Å². The van der Waals surface area contributed by atoms with Crippen molar-refractivity contribution in [2.75, 3.05) is 6.54 Å². The molecule has 2 amide bonds. The van der Waals surface area contributed by atoms with Crippen LogP contribution in [-0.4, -0.2) is 44.3 Å². The lowest BCUT2D eigenvalue weighted by Gasteiger charge is -2.30. The van der Waals surface area contributed by atoms with E-state index in [-0.39, 0.29) is 17.5 Å². The Labute approximate surface area is 179 Å². The van der Waals surface area contributed by atoms with Crippen LogP contribution >= 0.6 is 11.3 Å². The molecule has 0 radical (unpaired) electrons. The van der Waals surface area contributed by atoms with E-state index in [4.69, 9.17) is 0 Å². The van der Waals surface area contributed by atoms with Gasteiger partial charge in [0.05, 0.1) is 12.7 Å². The molecule has 0 spiro atoms. The van der Waals surface area contributed by atoms with Crippen LogP contribution in [0.3, 0.4) is 0 Å². The third-order valence-corrected chi connectivity index (χ3v) is 6.28. The fourth-order valence-corrected chi connectivity index (χ4v) is 4.58. The summed E-state index contributed by atoms with van der Waals surface area (Å²) in [6.45, 7) is 3.85. The zero-order chi connectivity index (χ0) is 20.9. The Balaban J connectivity index is 1.40. The zero-order valence-electron chi connectivity index (χ0n) is 17.0. The van der Waals surface area contributed by atoms with Gasteiger partial charge in [-0.2, -0.15) is 0 Å². The van der Waals surface area contributed by atoms with Crippen molar-refractivity contribution in [2.45, 2.75) is 45.3 Å². The molecule has 0 fully saturated rings. The predicted molar refractivity (Wildman–Crippen MR) is 115 cm³/mol. The van der Waals surface area contributed by atoms with E-state index in [0.717, 1.165) is 18.4 Å². The summed E-state index contributed by atoms with van der Waals surface area (Å²) >= 11 is 1.74. The summed E-state index contributed by atoms with van der Waals surface area (Å²) in [7, 11) is 0. The number of rotatable bonds is 7. The fraction of sp³-hybridized carbons (Fsp3) is 0.364. The molecule has 2 aromatic heterocycles. The summed E-state index contributed by atoms with van der Waals surface area (Å²) in [4.78, 5) is 29.1. The van der Waals surface area contributed by atoms with Gasteiger partial charge in [0, 0.05) is 18.0 Å². The van der Waals surface area contributed by atoms with Crippen molar-refractivity contribution in [3.63, 3.8) is 0 Å². The van der Waals surface area contributed by atoms with Crippen molar-refractivity contribution in [3.8, 4) is 0 Å². The van der Waals surface area contributed by atoms with E-state index in [0.29, 0.717) is 26.1 Å². The van der Waals surface area contributed by atoms with Crippen molar-refractivity contribution in [1.29, 1.82) is 0 Å². The Morgan fingerprint density at radius 2 is 2.07 bits per heavy atom. The van der Waals surface area contributed by atoms with Crippen LogP contribution in [-0.2, 0) is 24.3 Å². The second-order valence-electron chi connectivity index (χ2n) is 7.48. The molecule has 1 aliphatic rings. The van der Waals surface area contributed by atoms with E-state index < -0.39 is 6.04 Å². The molecular formula is C22H25N5O2S. The number of hydrogen-bond donors (Lipinski definition) is 1. The number of nitrogens with zero attached hydrogens (tertiary/aromatic N) is 4. The Morgan fingerprint density at radius 1 is 1.23 bits per heavy atom. The van der Waals surface area contributed by atoms with Gasteiger partial charge in [-0.05, 0) is 35.4 Å². The number of benzene rings is 1. The fourth-order valence-electron chi connectivity index (χ4n) is 3.69. The SMILES string of the molecule is CCCC(NC(=O)c1cn(Cc2ccccc2)nn1)C(=O)N1CCc2sccc2C1. The molecular weight excluding hydrogens is 398 g/mol. The second-order valence-corrected chi connectivity index (χ2v) is 8.48. The highest BCUT2D eigenvalue weighted by Crippen LogP contribution is 2.24. The number of hydrogen-bond acceptors (Lipinski definition) is 5. The molecule has 0 saturated heterocycles. The molecule has 30 heavy (non-hydrogen) atoms. The molecule has 1 aliphatic heterocycles. The Bertz CT molecular complexity index is 1010. The van der Waals surface area contributed by atoms with E-state index in [1.165, 1.54) is 10.4 Å². The van der Waals surface area contributed by atoms with Gasteiger partial charge < -0.3 is 10.2 Å². The third kappa shape index (κ3) is 4.59. The molecule has 7 nitrogen and oxygen atoms in total. The van der Waals surface area contributed by atoms with E-state index in [1.807, 2.05) is 42.2 Å². The number of amides is 2. The first kappa shape index (κ1) is 20.3. The lowest BCUT2D eigenvalue weighted by atomic mass is 10.1. The lowest BCUT2D eigenvalue weighted by molar-refractivity contribution is -0.134. The summed E-state index contributed by atoms with van der Waals surface area (Å²) in [5, 5.41) is 13.0. The highest BCUT2D eigenvalue weighted by Gasteiger charge is 2.29. The number of thiophene rings is 1. The third-order valence-electron chi connectivity index (χ3n) is 5.26. The van der Waals surface area contributed by atoms with Crippen LogP contribution in [0.15, 0.2) is 48.0 Å². The summed E-state index contributed by atoms with van der Waals surface area (Å²) in [5.74, 6) is -0.395. The minimum Gasteiger partial charge on any atom is -0.339 e. The first-order chi connectivity index (χ1) is 14.6. The number of carbonyl (C=O) groups is 2. The number of carbonyl (C=O) groups excluding carboxylic acids is 2. The van der Waals surface area contributed by atoms with Crippen LogP contribution in [0.2, 0.25) is 0 Å². The monoisotopic (exact) mass is 423 g/mol. The van der Waals surface area contributed by atoms with Crippen molar-refractivity contribution in [2.24, 2.45) is 0 Å². The van der Waals surface area contributed by atoms with E-state index in [2.05, 4.69) is 27.1 Å². The van der Waals surface area contributed by atoms with Gasteiger partial charge in [-0.15, -0.1) is 16.4 Å². The molecule has 0 bridgehead atoms. The first-order valence-electron chi connectivity index (χ1n) is 10.2. The van der Waals surface area contributed by atoms with Gasteiger partial charge in [-0.3, -0.25) is 9.59 Å². The Morgan fingerprint density at radius 3 is 2.87 bits per heavy atom. The maximum absolute atomic E-state index is 13.1. The molecule has 3 aromatic rings. The van der Waals surface area contributed by atoms with Crippen LogP contribution in [0.4, 0.5) is 0 Å². The Kier molecular flexibility index (Phi) is 6.23. The molecule has 8 heteroatoms. The van der Waals surface area contributed by atoms with Gasteiger partial charge in [-0.1, -0.05) is 48.9 Å². The minimum atomic E-state index is -0.554. The summed E-state index contributed by atoms with van der Waals surface area (Å²) in [6.07, 6.45) is 3.89. The maximum atomic E-state index is 13.1. The number of fused-ring (bicyclic) bond motifs is 1. The maximum Gasteiger partial charge on any atom is 0.274 e. The highest BCUT2D eigenvalue weighted by molar-refractivity contribution is 7.10. The predicted octanol–water partition coefficient (Wildman–Crippen LogP) is 2.87. The van der Waals surface area contributed by atoms with Crippen molar-refractivity contribution >= 4 is 23.2 Å². The van der Waals surface area contributed by atoms with Gasteiger partial charge in [-0.25, -0.2) is 4.68 Å². The molecule has 1 N–H and O–H groups in total. The quantitative estimate of drug-likeness (QED) is 0.634. The van der Waals surface area contributed by atoms with Crippen molar-refractivity contribution in [1.82, 2.24) is 25.2 Å². The largest absolute Gasteiger partial charge is 0.339 e. The normalized spacial score (nSPS) is 14.2. The minimum absolute atomic E-state index is 0.0290. The summed E-state index contributed by atoms with van der Waals surface area (Å²) in [6, 6.07) is 11.4. The molecule has 0 aliphatic carbocycles. The average molecular weight is 424 g/mol. The first-order valence-corrected chi connectivity index (χ1v) is 11.1. The summed E-state index contributed by atoms with van der Waals surface area (Å²) < 4.78 is 1.63. The molecule has 4 rings (SSSR count). The standard InChI is InChI=1S/C22H25N5O2S/c1-2-6-18(22(29)26-11-9-20-17(14-26)10-12-30-20)23-21(28)19-15-27(25-24-19)13-16-7-4-3-5-8-16/h3-5,7-8,10,12,15,18H,2,6,9,11,13-14H2,1H3,(H,23,28). The van der Waals surface area contributed by atoms with Gasteiger partial charge in [0.1, 0.15) is 6.04 Å². The lowest BCUT2D eigenvalue weighted by Crippen LogP contribution is -2.49. The van der Waals surface area contributed by atoms with Crippen molar-refractivity contribution in [3.05, 3.63) is 69.7 Å². The van der Waals surface area contributed by atoms with E-state index in [9.17, 15) is 9.59 Å². The van der Waals surface area contributed by atoms with E-state index in [1.54, 1.807) is 22.2 Å². The molecule has 0 saturated carbocycles. The zero-order valence-corrected chi connectivity index (χ0v) is 17.8. The second kappa shape index (κ2) is 9.21.